The van der Waals surface area contributed by atoms with Gasteiger partial charge >= 0.3 is 59.1 Å². The molecule has 0 heterocycles. The van der Waals surface area contributed by atoms with E-state index in [2.05, 4.69) is 72.8 Å². The second-order valence-electron chi connectivity index (χ2n) is 4.62. The van der Waals surface area contributed by atoms with Gasteiger partial charge in [0.25, 0.3) is 0 Å². The maximum Gasteiger partial charge on any atom is 1.00 e. The first-order valence-electron chi connectivity index (χ1n) is 6.72. The molecule has 0 fully saturated rings. The Labute approximate surface area is 177 Å². The first-order valence-corrected chi connectivity index (χ1v) is 6.72. The van der Waals surface area contributed by atoms with Gasteiger partial charge in [-0.05, 0) is 10.8 Å². The summed E-state index contributed by atoms with van der Waals surface area (Å²) in [5, 5.41) is 5.15. The molecule has 0 aromatic heterocycles. The van der Waals surface area contributed by atoms with Crippen molar-refractivity contribution in [1.29, 1.82) is 0 Å². The molecule has 0 saturated heterocycles. The van der Waals surface area contributed by atoms with Crippen LogP contribution in [0.4, 0.5) is 0 Å². The van der Waals surface area contributed by atoms with E-state index in [1.54, 1.807) is 0 Å². The van der Waals surface area contributed by atoms with Gasteiger partial charge in [-0.2, -0.15) is 24.3 Å². The molecule has 4 aromatic rings. The molecule has 0 aliphatic heterocycles. The van der Waals surface area contributed by atoms with Crippen molar-refractivity contribution in [3.8, 4) is 0 Å². The fraction of sp³-hybridized carbons (Fsp3) is 0. The number of hydrogen-bond acceptors (Lipinski definition) is 0. The zero-order valence-electron chi connectivity index (χ0n) is 14.2. The first-order chi connectivity index (χ1) is 9.93. The van der Waals surface area contributed by atoms with E-state index < -0.39 is 0 Å². The van der Waals surface area contributed by atoms with Gasteiger partial charge in [-0.3, -0.25) is 0 Å². The van der Waals surface area contributed by atoms with Crippen molar-refractivity contribution < 1.29 is 60.5 Å². The molecule has 0 aliphatic carbocycles. The van der Waals surface area contributed by atoms with Crippen LogP contribution in [0.1, 0.15) is 1.43 Å². The Kier molecular flexibility index (Phi) is 9.04. The van der Waals surface area contributed by atoms with E-state index in [1.165, 1.54) is 21.5 Å². The molecule has 0 bridgehead atoms. The quantitative estimate of drug-likeness (QED) is 0.306. The van der Waals surface area contributed by atoms with Gasteiger partial charge in [0.2, 0.25) is 0 Å². The number of benzene rings is 4. The maximum atomic E-state index is 3.04. The molecular formula is C20H16Na2. The third-order valence-corrected chi connectivity index (χ3v) is 3.25. The molecule has 98 valence electrons. The molecule has 0 N–H and O–H groups in total. The van der Waals surface area contributed by atoms with Crippen LogP contribution in [0.3, 0.4) is 0 Å². The summed E-state index contributed by atoms with van der Waals surface area (Å²) in [4.78, 5) is 0. The molecular weight excluding hydrogens is 286 g/mol. The average Bonchev–Trinajstić information content (AvgIpc) is 2.56. The van der Waals surface area contributed by atoms with Gasteiger partial charge < -0.3 is 1.43 Å². The van der Waals surface area contributed by atoms with Crippen LogP contribution in [0.2, 0.25) is 0 Å². The van der Waals surface area contributed by atoms with E-state index in [9.17, 15) is 0 Å². The van der Waals surface area contributed by atoms with Gasteiger partial charge in [0.15, 0.2) is 0 Å². The van der Waals surface area contributed by atoms with Crippen molar-refractivity contribution in [2.75, 3.05) is 0 Å². The summed E-state index contributed by atoms with van der Waals surface area (Å²) in [6.07, 6.45) is 0. The number of hydrogen-bond donors (Lipinski definition) is 0. The molecule has 0 aliphatic rings. The Balaban J connectivity index is 0.000000372. The summed E-state index contributed by atoms with van der Waals surface area (Å²) in [6.45, 7) is 0. The summed E-state index contributed by atoms with van der Waals surface area (Å²) >= 11 is 0. The van der Waals surface area contributed by atoms with E-state index in [1.807, 2.05) is 24.3 Å². The third-order valence-electron chi connectivity index (χ3n) is 3.25. The van der Waals surface area contributed by atoms with Crippen LogP contribution in [0.5, 0.6) is 0 Å². The van der Waals surface area contributed by atoms with E-state index >= 15 is 0 Å². The average molecular weight is 302 g/mol. The molecule has 0 nitrogen and oxygen atoms in total. The summed E-state index contributed by atoms with van der Waals surface area (Å²) in [7, 11) is 0. The summed E-state index contributed by atoms with van der Waals surface area (Å²) < 4.78 is 0. The zero-order valence-corrected chi connectivity index (χ0v) is 17.2. The molecule has 0 amide bonds. The van der Waals surface area contributed by atoms with E-state index in [-0.39, 0.29) is 60.5 Å². The minimum Gasteiger partial charge on any atom is -1.00 e. The minimum absolute atomic E-state index is 0. The van der Waals surface area contributed by atoms with Crippen LogP contribution in [0, 0.1) is 6.07 Å². The molecule has 0 spiro atoms. The Morgan fingerprint density at radius 1 is 0.500 bits per heavy atom. The van der Waals surface area contributed by atoms with Crippen LogP contribution in [0.25, 0.3) is 21.5 Å². The van der Waals surface area contributed by atoms with Crippen LogP contribution < -0.4 is 59.1 Å². The molecule has 0 unspecified atom stereocenters. The fourth-order valence-corrected chi connectivity index (χ4v) is 2.20. The van der Waals surface area contributed by atoms with Crippen molar-refractivity contribution in [1.82, 2.24) is 0 Å². The van der Waals surface area contributed by atoms with Crippen molar-refractivity contribution >= 4 is 21.5 Å². The largest absolute Gasteiger partial charge is 1.00 e. The molecule has 2 heteroatoms. The van der Waals surface area contributed by atoms with Crippen LogP contribution in [-0.4, -0.2) is 0 Å². The molecule has 4 rings (SSSR count). The second kappa shape index (κ2) is 10.2. The van der Waals surface area contributed by atoms with Crippen LogP contribution in [0.15, 0.2) is 91.0 Å². The van der Waals surface area contributed by atoms with Gasteiger partial charge in [-0.1, -0.05) is 66.7 Å². The third kappa shape index (κ3) is 5.24. The Morgan fingerprint density at radius 2 is 0.864 bits per heavy atom. The van der Waals surface area contributed by atoms with Crippen molar-refractivity contribution in [2.45, 2.75) is 0 Å². The molecule has 0 radical (unpaired) electrons. The topological polar surface area (TPSA) is 0 Å². The van der Waals surface area contributed by atoms with E-state index in [4.69, 9.17) is 0 Å². The monoisotopic (exact) mass is 302 g/mol. The van der Waals surface area contributed by atoms with Gasteiger partial charge in [0.1, 0.15) is 0 Å². The summed E-state index contributed by atoms with van der Waals surface area (Å²) in [5.41, 5.74) is 0. The SMILES string of the molecule is [H-].[Na+].[Na+].[c-]1ccc2ccccc2c1.c1ccc2ccccc2c1. The predicted molar refractivity (Wildman–Crippen MR) is 87.8 cm³/mol. The molecule has 22 heavy (non-hydrogen) atoms. The Hall–Kier alpha value is -0.600. The molecule has 0 atom stereocenters. The van der Waals surface area contributed by atoms with Gasteiger partial charge in [-0.25, -0.2) is 0 Å². The standard InChI is InChI=1S/C10H8.C10H7.2Na.H/c2*1-2-6-10-8-4-3-7-9(10)5-1;;;/h1-8H;1-3,5-8H;;;/q;-1;2*+1;-1. The predicted octanol–water partition coefficient (Wildman–Crippen LogP) is -0.400. The van der Waals surface area contributed by atoms with Gasteiger partial charge in [-0.15, -0.1) is 16.8 Å². The molecule has 0 saturated carbocycles. The van der Waals surface area contributed by atoms with Crippen LogP contribution >= 0.6 is 0 Å². The maximum absolute atomic E-state index is 3.04. The van der Waals surface area contributed by atoms with Gasteiger partial charge in [0.05, 0.1) is 0 Å². The Bertz CT molecular complexity index is 629. The normalized spacial score (nSPS) is 9.09. The Morgan fingerprint density at radius 3 is 1.27 bits per heavy atom. The van der Waals surface area contributed by atoms with Crippen molar-refractivity contribution in [3.05, 3.63) is 97.1 Å². The van der Waals surface area contributed by atoms with E-state index in [0.29, 0.717) is 0 Å². The number of rotatable bonds is 0. The summed E-state index contributed by atoms with van der Waals surface area (Å²) in [5.74, 6) is 0. The van der Waals surface area contributed by atoms with Gasteiger partial charge in [0, 0.05) is 0 Å². The number of fused-ring (bicyclic) bond motifs is 2. The second-order valence-corrected chi connectivity index (χ2v) is 4.62. The van der Waals surface area contributed by atoms with E-state index in [0.717, 1.165) is 0 Å². The zero-order chi connectivity index (χ0) is 13.6. The fourth-order valence-electron chi connectivity index (χ4n) is 2.20. The molecule has 4 aromatic carbocycles. The smallest absolute Gasteiger partial charge is 1.00 e. The van der Waals surface area contributed by atoms with Crippen LogP contribution in [-0.2, 0) is 0 Å². The van der Waals surface area contributed by atoms with Crippen molar-refractivity contribution in [3.63, 3.8) is 0 Å². The van der Waals surface area contributed by atoms with Crippen molar-refractivity contribution in [2.24, 2.45) is 0 Å². The minimum atomic E-state index is 0. The first kappa shape index (κ1) is 19.4. The summed E-state index contributed by atoms with van der Waals surface area (Å²) in [6, 6.07) is 34.0.